The molecule has 2 aliphatic rings. The third-order valence-corrected chi connectivity index (χ3v) is 5.45. The fourth-order valence-corrected chi connectivity index (χ4v) is 4.41. The van der Waals surface area contributed by atoms with Gasteiger partial charge in [-0.25, -0.2) is 0 Å². The van der Waals surface area contributed by atoms with Crippen molar-refractivity contribution in [2.75, 3.05) is 0 Å². The van der Waals surface area contributed by atoms with E-state index in [0.717, 1.165) is 44.1 Å². The lowest BCUT2D eigenvalue weighted by atomic mass is 9.60. The molecule has 106 valence electrons. The van der Waals surface area contributed by atoms with E-state index in [2.05, 4.69) is 32.0 Å². The molecule has 0 aromatic heterocycles. The molecule has 0 saturated heterocycles. The smallest absolute Gasteiger partial charge is 0.111 e. The third kappa shape index (κ3) is 1.80. The molecule has 1 fully saturated rings. The molecule has 2 aliphatic carbocycles. The molecule has 2 atom stereocenters. The highest BCUT2D eigenvalue weighted by Crippen LogP contribution is 2.56. The highest BCUT2D eigenvalue weighted by Gasteiger charge is 2.58. The number of nitrogens with zero attached hydrogens (tertiary/aromatic N) is 1. The molecule has 1 aromatic rings. The van der Waals surface area contributed by atoms with E-state index in [9.17, 15) is 10.4 Å². The third-order valence-electron chi connectivity index (χ3n) is 5.45. The van der Waals surface area contributed by atoms with E-state index in [1.807, 2.05) is 12.1 Å². The number of aliphatic hydroxyl groups is 1. The summed E-state index contributed by atoms with van der Waals surface area (Å²) in [7, 11) is 0. The number of rotatable bonds is 1. The zero-order valence-corrected chi connectivity index (χ0v) is 12.4. The first-order valence-electron chi connectivity index (χ1n) is 7.65. The molecule has 0 amide bonds. The van der Waals surface area contributed by atoms with E-state index in [-0.39, 0.29) is 5.41 Å². The van der Waals surface area contributed by atoms with Crippen LogP contribution in [0.4, 0.5) is 0 Å². The minimum Gasteiger partial charge on any atom is -0.388 e. The topological polar surface area (TPSA) is 44.0 Å². The van der Waals surface area contributed by atoms with Gasteiger partial charge in [0.1, 0.15) is 5.41 Å². The molecular formula is C18H23NO. The molecular weight excluding hydrogens is 246 g/mol. The number of fused-ring (bicyclic) bond motifs is 1. The Hall–Kier alpha value is -1.33. The molecule has 3 rings (SSSR count). The maximum absolute atomic E-state index is 11.3. The summed E-state index contributed by atoms with van der Waals surface area (Å²) in [4.78, 5) is 0. The predicted octanol–water partition coefficient (Wildman–Crippen LogP) is 3.73. The zero-order chi connectivity index (χ0) is 14.4. The second-order valence-corrected chi connectivity index (χ2v) is 7.40. The first-order valence-corrected chi connectivity index (χ1v) is 7.65. The highest BCUT2D eigenvalue weighted by atomic mass is 16.3. The summed E-state index contributed by atoms with van der Waals surface area (Å²) in [6.45, 7) is 4.40. The van der Waals surface area contributed by atoms with Crippen molar-refractivity contribution in [1.82, 2.24) is 0 Å². The van der Waals surface area contributed by atoms with Crippen LogP contribution in [0.3, 0.4) is 0 Å². The summed E-state index contributed by atoms with van der Waals surface area (Å²) in [5, 5.41) is 21.3. The molecule has 1 aromatic carbocycles. The number of hydrogen-bond donors (Lipinski definition) is 1. The minimum atomic E-state index is -0.873. The maximum Gasteiger partial charge on any atom is 0.111 e. The number of hydrogen-bond acceptors (Lipinski definition) is 2. The average Bonchev–Trinajstić information content (AvgIpc) is 2.73. The largest absolute Gasteiger partial charge is 0.388 e. The van der Waals surface area contributed by atoms with Crippen LogP contribution < -0.4 is 0 Å². The Morgan fingerprint density at radius 3 is 2.55 bits per heavy atom. The van der Waals surface area contributed by atoms with Crippen LogP contribution in [0.5, 0.6) is 0 Å². The molecule has 1 saturated carbocycles. The summed E-state index contributed by atoms with van der Waals surface area (Å²) < 4.78 is 0. The van der Waals surface area contributed by atoms with Crippen LogP contribution in [-0.4, -0.2) is 10.7 Å². The summed E-state index contributed by atoms with van der Waals surface area (Å²) in [5.41, 5.74) is 0.870. The van der Waals surface area contributed by atoms with Crippen molar-refractivity contribution in [3.05, 3.63) is 35.4 Å². The Morgan fingerprint density at radius 2 is 1.90 bits per heavy atom. The van der Waals surface area contributed by atoms with Crippen LogP contribution in [0, 0.1) is 16.7 Å². The lowest BCUT2D eigenvalue weighted by Gasteiger charge is -2.44. The highest BCUT2D eigenvalue weighted by molar-refractivity contribution is 5.45. The fraction of sp³-hybridized carbons (Fsp3) is 0.611. The Bertz CT molecular complexity index is 571. The van der Waals surface area contributed by atoms with Crippen molar-refractivity contribution in [3.63, 3.8) is 0 Å². The Labute approximate surface area is 121 Å². The SMILES string of the molecule is CC1(C)CCC(O)(C2(C#N)CCCc3ccccc32)C1. The molecule has 2 heteroatoms. The van der Waals surface area contributed by atoms with Gasteiger partial charge in [0.2, 0.25) is 0 Å². The normalized spacial score (nSPS) is 35.3. The van der Waals surface area contributed by atoms with Crippen molar-refractivity contribution < 1.29 is 5.11 Å². The van der Waals surface area contributed by atoms with Gasteiger partial charge in [0, 0.05) is 0 Å². The molecule has 0 aliphatic heterocycles. The molecule has 0 bridgehead atoms. The van der Waals surface area contributed by atoms with E-state index in [1.165, 1.54) is 5.56 Å². The lowest BCUT2D eigenvalue weighted by Crippen LogP contribution is -2.51. The number of benzene rings is 1. The van der Waals surface area contributed by atoms with Crippen molar-refractivity contribution in [3.8, 4) is 6.07 Å². The van der Waals surface area contributed by atoms with Crippen LogP contribution in [0.1, 0.15) is 57.1 Å². The molecule has 0 spiro atoms. The van der Waals surface area contributed by atoms with Crippen molar-refractivity contribution >= 4 is 0 Å². The molecule has 1 N–H and O–H groups in total. The molecule has 20 heavy (non-hydrogen) atoms. The number of aryl methyl sites for hydroxylation is 1. The minimum absolute atomic E-state index is 0.130. The first-order chi connectivity index (χ1) is 9.43. The standard InChI is InChI=1S/C18H23NO/c1-16(2)10-11-18(20,12-16)17(13-19)9-5-7-14-6-3-4-8-15(14)17/h3-4,6,8,20H,5,7,9-12H2,1-2H3. The summed E-state index contributed by atoms with van der Waals surface area (Å²) in [5.74, 6) is 0. The van der Waals surface area contributed by atoms with Gasteiger partial charge in [0.05, 0.1) is 11.7 Å². The van der Waals surface area contributed by atoms with Gasteiger partial charge in [0.25, 0.3) is 0 Å². The van der Waals surface area contributed by atoms with E-state index < -0.39 is 11.0 Å². The zero-order valence-electron chi connectivity index (χ0n) is 12.4. The van der Waals surface area contributed by atoms with Gasteiger partial charge >= 0.3 is 0 Å². The predicted molar refractivity (Wildman–Crippen MR) is 79.3 cm³/mol. The van der Waals surface area contributed by atoms with Crippen LogP contribution in [0.15, 0.2) is 24.3 Å². The van der Waals surface area contributed by atoms with Crippen LogP contribution in [-0.2, 0) is 11.8 Å². The summed E-state index contributed by atoms with van der Waals surface area (Å²) in [6.07, 6.45) is 5.26. The second-order valence-electron chi connectivity index (χ2n) is 7.40. The van der Waals surface area contributed by atoms with E-state index in [1.54, 1.807) is 0 Å². The number of nitriles is 1. The molecule has 2 nitrogen and oxygen atoms in total. The Balaban J connectivity index is 2.13. The van der Waals surface area contributed by atoms with Crippen molar-refractivity contribution in [1.29, 1.82) is 5.26 Å². The molecule has 0 heterocycles. The van der Waals surface area contributed by atoms with E-state index >= 15 is 0 Å². The first kappa shape index (κ1) is 13.6. The lowest BCUT2D eigenvalue weighted by molar-refractivity contribution is -0.0257. The van der Waals surface area contributed by atoms with E-state index in [0.29, 0.717) is 0 Å². The van der Waals surface area contributed by atoms with Gasteiger partial charge in [0.15, 0.2) is 0 Å². The van der Waals surface area contributed by atoms with Gasteiger partial charge in [-0.1, -0.05) is 38.1 Å². The van der Waals surface area contributed by atoms with Gasteiger partial charge in [-0.2, -0.15) is 5.26 Å². The van der Waals surface area contributed by atoms with Crippen LogP contribution in [0.2, 0.25) is 0 Å². The van der Waals surface area contributed by atoms with Crippen LogP contribution >= 0.6 is 0 Å². The second kappa shape index (κ2) is 4.33. The maximum atomic E-state index is 11.3. The summed E-state index contributed by atoms with van der Waals surface area (Å²) in [6, 6.07) is 10.8. The van der Waals surface area contributed by atoms with Crippen LogP contribution in [0.25, 0.3) is 0 Å². The average molecular weight is 269 g/mol. The Morgan fingerprint density at radius 1 is 1.15 bits per heavy atom. The van der Waals surface area contributed by atoms with Gasteiger partial charge in [-0.05, 0) is 55.1 Å². The monoisotopic (exact) mass is 269 g/mol. The quantitative estimate of drug-likeness (QED) is 0.844. The Kier molecular flexibility index (Phi) is 2.95. The molecule has 2 unspecified atom stereocenters. The summed E-state index contributed by atoms with van der Waals surface area (Å²) >= 11 is 0. The van der Waals surface area contributed by atoms with Crippen molar-refractivity contribution in [2.45, 2.75) is 63.4 Å². The van der Waals surface area contributed by atoms with Crippen molar-refractivity contribution in [2.24, 2.45) is 5.41 Å². The van der Waals surface area contributed by atoms with Gasteiger partial charge < -0.3 is 5.11 Å². The van der Waals surface area contributed by atoms with E-state index in [4.69, 9.17) is 0 Å². The van der Waals surface area contributed by atoms with Gasteiger partial charge in [-0.3, -0.25) is 0 Å². The van der Waals surface area contributed by atoms with Gasteiger partial charge in [-0.15, -0.1) is 0 Å². The molecule has 0 radical (unpaired) electrons. The fourth-order valence-electron chi connectivity index (χ4n) is 4.41.